The van der Waals surface area contributed by atoms with Gasteiger partial charge in [-0.15, -0.1) is 0 Å². The van der Waals surface area contributed by atoms with Gasteiger partial charge in [0.25, 0.3) is 0 Å². The molecule has 0 aromatic heterocycles. The van der Waals surface area contributed by atoms with Crippen molar-refractivity contribution in [2.45, 2.75) is 100 Å². The molecule has 31 heavy (non-hydrogen) atoms. The first-order valence-corrected chi connectivity index (χ1v) is 11.8. The molecule has 0 unspecified atom stereocenters. The van der Waals surface area contributed by atoms with Gasteiger partial charge in [0.1, 0.15) is 0 Å². The Kier molecular flexibility index (Phi) is 14.3. The highest BCUT2D eigenvalue weighted by molar-refractivity contribution is 5.59. The average Bonchev–Trinajstić information content (AvgIpc) is 2.61. The summed E-state index contributed by atoms with van der Waals surface area (Å²) in [6.45, 7) is 23.3. The molecule has 0 aliphatic carbocycles. The third-order valence-electron chi connectivity index (χ3n) is 3.76. The lowest BCUT2D eigenvalue weighted by molar-refractivity contribution is 0.892. The molecule has 4 nitrogen and oxygen atoms in total. The van der Waals surface area contributed by atoms with Gasteiger partial charge in [-0.3, -0.25) is 0 Å². The lowest BCUT2D eigenvalue weighted by Crippen LogP contribution is -2.12. The molecule has 0 fully saturated rings. The number of anilines is 4. The lowest BCUT2D eigenvalue weighted by Gasteiger charge is -2.15. The number of rotatable bonds is 8. The van der Waals surface area contributed by atoms with E-state index in [0.717, 1.165) is 0 Å². The van der Waals surface area contributed by atoms with E-state index in [2.05, 4.69) is 126 Å². The second kappa shape index (κ2) is 15.4. The van der Waals surface area contributed by atoms with Crippen molar-refractivity contribution >= 4 is 22.7 Å². The lowest BCUT2D eigenvalue weighted by atomic mass is 10.1. The number of aryl methyl sites for hydroxylation is 1. The maximum Gasteiger partial charge on any atom is 0.0365 e. The van der Waals surface area contributed by atoms with Gasteiger partial charge in [-0.2, -0.15) is 0 Å². The normalized spacial score (nSPS) is 10.3. The van der Waals surface area contributed by atoms with Crippen LogP contribution in [-0.4, -0.2) is 24.2 Å². The van der Waals surface area contributed by atoms with Crippen LogP contribution in [0.25, 0.3) is 0 Å². The van der Waals surface area contributed by atoms with Gasteiger partial charge < -0.3 is 21.3 Å². The largest absolute Gasteiger partial charge is 0.383 e. The fourth-order valence-electron chi connectivity index (χ4n) is 2.98. The molecule has 0 saturated heterocycles. The minimum absolute atomic E-state index is 0.471. The molecule has 2 rings (SSSR count). The van der Waals surface area contributed by atoms with E-state index in [9.17, 15) is 0 Å². The molecule has 0 saturated carbocycles. The van der Waals surface area contributed by atoms with Gasteiger partial charge in [0.2, 0.25) is 0 Å². The molecule has 0 spiro atoms. The Morgan fingerprint density at radius 2 is 0.774 bits per heavy atom. The second-order valence-electron chi connectivity index (χ2n) is 8.86. The van der Waals surface area contributed by atoms with E-state index < -0.39 is 0 Å². The first kappa shape index (κ1) is 28.6. The highest BCUT2D eigenvalue weighted by atomic mass is 14.9. The molecular weight excluding hydrogens is 380 g/mol. The van der Waals surface area contributed by atoms with Gasteiger partial charge in [0, 0.05) is 46.9 Å². The minimum Gasteiger partial charge on any atom is -0.383 e. The summed E-state index contributed by atoms with van der Waals surface area (Å²) in [6, 6.07) is 16.8. The molecule has 0 heterocycles. The fraction of sp³-hybridized carbons (Fsp3) is 0.556. The topological polar surface area (TPSA) is 48.1 Å². The molecule has 176 valence electrons. The van der Waals surface area contributed by atoms with Gasteiger partial charge in [-0.05, 0) is 104 Å². The van der Waals surface area contributed by atoms with Crippen molar-refractivity contribution in [3.8, 4) is 0 Å². The second-order valence-corrected chi connectivity index (χ2v) is 8.86. The van der Waals surface area contributed by atoms with Gasteiger partial charge in [-0.25, -0.2) is 0 Å². The summed E-state index contributed by atoms with van der Waals surface area (Å²) in [6.07, 6.45) is 0. The Hall–Kier alpha value is -2.36. The number of benzene rings is 2. The summed E-state index contributed by atoms with van der Waals surface area (Å²) < 4.78 is 0. The van der Waals surface area contributed by atoms with E-state index in [1.54, 1.807) is 0 Å². The molecule has 0 amide bonds. The van der Waals surface area contributed by atoms with Crippen molar-refractivity contribution in [2.75, 3.05) is 21.3 Å². The van der Waals surface area contributed by atoms with E-state index in [-0.39, 0.29) is 0 Å². The van der Waals surface area contributed by atoms with Gasteiger partial charge in [-0.1, -0.05) is 19.9 Å². The molecule has 2 aromatic carbocycles. The van der Waals surface area contributed by atoms with Crippen LogP contribution in [0.2, 0.25) is 0 Å². The molecular formula is C27H48N4. The SMILES string of the molecule is CC.CC(C)Nc1cccc(NC(C)C)c1.Cc1cc(NC(C)C)cc(NC(C)C)c1. The minimum atomic E-state index is 0.471. The summed E-state index contributed by atoms with van der Waals surface area (Å²) >= 11 is 0. The summed E-state index contributed by atoms with van der Waals surface area (Å²) in [5.74, 6) is 0. The van der Waals surface area contributed by atoms with Crippen LogP contribution < -0.4 is 21.3 Å². The molecule has 4 heteroatoms. The number of hydrogen-bond donors (Lipinski definition) is 4. The van der Waals surface area contributed by atoms with Crippen LogP contribution in [0.5, 0.6) is 0 Å². The fourth-order valence-corrected chi connectivity index (χ4v) is 2.98. The predicted octanol–water partition coefficient (Wildman–Crippen LogP) is 7.99. The predicted molar refractivity (Wildman–Crippen MR) is 144 cm³/mol. The zero-order valence-corrected chi connectivity index (χ0v) is 21.9. The monoisotopic (exact) mass is 428 g/mol. The molecule has 4 N–H and O–H groups in total. The molecule has 0 bridgehead atoms. The van der Waals surface area contributed by atoms with Crippen molar-refractivity contribution in [3.63, 3.8) is 0 Å². The third kappa shape index (κ3) is 14.3. The first-order chi connectivity index (χ1) is 14.5. The molecule has 0 atom stereocenters. The standard InChI is InChI=1S/C13H22N2.C12H20N2.C2H6/c1-9(2)14-12-6-11(5)7-13(8-12)15-10(3)4;1-9(2)13-11-6-5-7-12(8-11)14-10(3)4;1-2/h6-10,14-15H,1-5H3;5-10,13-14H,1-4H3;1-2H3. The van der Waals surface area contributed by atoms with E-state index >= 15 is 0 Å². The van der Waals surface area contributed by atoms with E-state index in [0.29, 0.717) is 24.2 Å². The first-order valence-electron chi connectivity index (χ1n) is 11.8. The summed E-state index contributed by atoms with van der Waals surface area (Å²) in [7, 11) is 0. The van der Waals surface area contributed by atoms with Crippen molar-refractivity contribution in [2.24, 2.45) is 0 Å². The van der Waals surface area contributed by atoms with Crippen molar-refractivity contribution in [1.82, 2.24) is 0 Å². The van der Waals surface area contributed by atoms with E-state index in [1.165, 1.54) is 28.3 Å². The van der Waals surface area contributed by atoms with Crippen LogP contribution in [0.3, 0.4) is 0 Å². The maximum absolute atomic E-state index is 3.42. The van der Waals surface area contributed by atoms with Crippen molar-refractivity contribution in [3.05, 3.63) is 48.0 Å². The van der Waals surface area contributed by atoms with Crippen molar-refractivity contribution < 1.29 is 0 Å². The maximum atomic E-state index is 3.42. The third-order valence-corrected chi connectivity index (χ3v) is 3.76. The summed E-state index contributed by atoms with van der Waals surface area (Å²) in [5.41, 5.74) is 6.00. The molecule has 2 aromatic rings. The van der Waals surface area contributed by atoms with Crippen LogP contribution in [0, 0.1) is 6.92 Å². The Balaban J connectivity index is 0.000000539. The Bertz CT molecular complexity index is 667. The van der Waals surface area contributed by atoms with Gasteiger partial charge in [0.05, 0.1) is 0 Å². The highest BCUT2D eigenvalue weighted by Crippen LogP contribution is 2.20. The van der Waals surface area contributed by atoms with Crippen molar-refractivity contribution in [1.29, 1.82) is 0 Å². The van der Waals surface area contributed by atoms with Crippen LogP contribution in [0.1, 0.15) is 74.8 Å². The smallest absolute Gasteiger partial charge is 0.0365 e. The molecule has 0 aliphatic rings. The zero-order chi connectivity index (χ0) is 24.0. The Morgan fingerprint density at radius 1 is 0.484 bits per heavy atom. The average molecular weight is 429 g/mol. The van der Waals surface area contributed by atoms with E-state index in [1.807, 2.05) is 13.8 Å². The van der Waals surface area contributed by atoms with Crippen LogP contribution in [-0.2, 0) is 0 Å². The summed E-state index contributed by atoms with van der Waals surface area (Å²) in [5, 5.41) is 13.6. The van der Waals surface area contributed by atoms with Crippen LogP contribution >= 0.6 is 0 Å². The zero-order valence-electron chi connectivity index (χ0n) is 21.9. The van der Waals surface area contributed by atoms with Gasteiger partial charge >= 0.3 is 0 Å². The highest BCUT2D eigenvalue weighted by Gasteiger charge is 2.01. The van der Waals surface area contributed by atoms with Gasteiger partial charge in [0.15, 0.2) is 0 Å². The summed E-state index contributed by atoms with van der Waals surface area (Å²) in [4.78, 5) is 0. The van der Waals surface area contributed by atoms with Crippen LogP contribution in [0.15, 0.2) is 42.5 Å². The Morgan fingerprint density at radius 3 is 1.10 bits per heavy atom. The van der Waals surface area contributed by atoms with Crippen LogP contribution in [0.4, 0.5) is 22.7 Å². The number of hydrogen-bond acceptors (Lipinski definition) is 4. The molecule has 0 aliphatic heterocycles. The Labute approximate surface area is 192 Å². The molecule has 0 radical (unpaired) electrons. The number of nitrogens with one attached hydrogen (secondary N) is 4. The quantitative estimate of drug-likeness (QED) is 0.344. The van der Waals surface area contributed by atoms with E-state index in [4.69, 9.17) is 0 Å².